The fourth-order valence-corrected chi connectivity index (χ4v) is 1.62. The van der Waals surface area contributed by atoms with Gasteiger partial charge in [0.15, 0.2) is 0 Å². The van der Waals surface area contributed by atoms with Crippen LogP contribution in [0.15, 0.2) is 53.4 Å². The Kier molecular flexibility index (Phi) is 4.50. The number of nitrogens with zero attached hydrogens (tertiary/aromatic N) is 2. The molecule has 0 aliphatic carbocycles. The van der Waals surface area contributed by atoms with Crippen molar-refractivity contribution in [3.05, 3.63) is 60.3 Å². The van der Waals surface area contributed by atoms with Crippen molar-refractivity contribution in [2.45, 2.75) is 6.42 Å². The van der Waals surface area contributed by atoms with E-state index in [0.717, 1.165) is 6.42 Å². The van der Waals surface area contributed by atoms with Crippen LogP contribution in [0.5, 0.6) is 0 Å². The van der Waals surface area contributed by atoms with Gasteiger partial charge in [0.25, 0.3) is 0 Å². The average Bonchev–Trinajstić information content (AvgIpc) is 2.96. The molecular weight excluding hydrogens is 240 g/mol. The summed E-state index contributed by atoms with van der Waals surface area (Å²) in [7, 11) is 1.79. The normalized spacial score (nSPS) is 10.8. The van der Waals surface area contributed by atoms with E-state index in [9.17, 15) is 4.79 Å². The molecule has 4 nitrogen and oxygen atoms in total. The number of hydrogen-bond acceptors (Lipinski definition) is 3. The van der Waals surface area contributed by atoms with Crippen molar-refractivity contribution in [1.82, 2.24) is 9.88 Å². The quantitative estimate of drug-likeness (QED) is 0.772. The van der Waals surface area contributed by atoms with Crippen molar-refractivity contribution in [1.29, 1.82) is 0 Å². The molecule has 0 bridgehead atoms. The predicted molar refractivity (Wildman–Crippen MR) is 73.3 cm³/mol. The predicted octanol–water partition coefficient (Wildman–Crippen LogP) is 2.39. The van der Waals surface area contributed by atoms with Gasteiger partial charge in [-0.15, -0.1) is 0 Å². The molecule has 0 fully saturated rings. The Morgan fingerprint density at radius 2 is 2.16 bits per heavy atom. The summed E-state index contributed by atoms with van der Waals surface area (Å²) in [4.78, 5) is 17.5. The summed E-state index contributed by atoms with van der Waals surface area (Å²) < 4.78 is 5.13. The molecule has 2 heterocycles. The molecule has 2 rings (SSSR count). The standard InChI is InChI=1S/C15H16N2O2/c1-17(11-8-13-6-9-16-10-7-13)15(18)5-4-14-3-2-12-19-14/h2-7,9-10,12H,8,11H2,1H3/b5-4+. The lowest BCUT2D eigenvalue weighted by molar-refractivity contribution is -0.124. The van der Waals surface area contributed by atoms with Gasteiger partial charge in [0, 0.05) is 32.1 Å². The summed E-state index contributed by atoms with van der Waals surface area (Å²) in [5.41, 5.74) is 1.17. The fourth-order valence-electron chi connectivity index (χ4n) is 1.62. The van der Waals surface area contributed by atoms with Gasteiger partial charge in [0.2, 0.25) is 5.91 Å². The van der Waals surface area contributed by atoms with E-state index in [1.165, 1.54) is 11.6 Å². The van der Waals surface area contributed by atoms with Crippen LogP contribution in [-0.2, 0) is 11.2 Å². The smallest absolute Gasteiger partial charge is 0.246 e. The number of hydrogen-bond donors (Lipinski definition) is 0. The number of carbonyl (C=O) groups is 1. The monoisotopic (exact) mass is 256 g/mol. The maximum absolute atomic E-state index is 11.8. The molecule has 4 heteroatoms. The Hall–Kier alpha value is -2.36. The molecule has 0 atom stereocenters. The molecule has 1 amide bonds. The van der Waals surface area contributed by atoms with Crippen LogP contribution in [0.4, 0.5) is 0 Å². The maximum Gasteiger partial charge on any atom is 0.246 e. The van der Waals surface area contributed by atoms with Gasteiger partial charge in [-0.25, -0.2) is 0 Å². The van der Waals surface area contributed by atoms with Gasteiger partial charge >= 0.3 is 0 Å². The van der Waals surface area contributed by atoms with Crippen LogP contribution in [0.1, 0.15) is 11.3 Å². The Morgan fingerprint density at radius 3 is 2.84 bits per heavy atom. The Balaban J connectivity index is 1.83. The minimum Gasteiger partial charge on any atom is -0.465 e. The second kappa shape index (κ2) is 6.54. The topological polar surface area (TPSA) is 46.3 Å². The van der Waals surface area contributed by atoms with E-state index in [-0.39, 0.29) is 5.91 Å². The maximum atomic E-state index is 11.8. The number of aromatic nitrogens is 1. The van der Waals surface area contributed by atoms with Crippen LogP contribution in [0.3, 0.4) is 0 Å². The van der Waals surface area contributed by atoms with Crippen molar-refractivity contribution in [3.8, 4) is 0 Å². The molecule has 0 aromatic carbocycles. The lowest BCUT2D eigenvalue weighted by atomic mass is 10.2. The van der Waals surface area contributed by atoms with Gasteiger partial charge in [-0.05, 0) is 42.3 Å². The molecule has 0 radical (unpaired) electrons. The van der Waals surface area contributed by atoms with E-state index < -0.39 is 0 Å². The van der Waals surface area contributed by atoms with Crippen LogP contribution < -0.4 is 0 Å². The van der Waals surface area contributed by atoms with E-state index in [0.29, 0.717) is 12.3 Å². The highest BCUT2D eigenvalue weighted by Gasteiger charge is 2.05. The van der Waals surface area contributed by atoms with Crippen LogP contribution in [0, 0.1) is 0 Å². The number of rotatable bonds is 5. The van der Waals surface area contributed by atoms with Gasteiger partial charge in [-0.2, -0.15) is 0 Å². The third kappa shape index (κ3) is 4.10. The van der Waals surface area contributed by atoms with Gasteiger partial charge in [-0.1, -0.05) is 0 Å². The summed E-state index contributed by atoms with van der Waals surface area (Å²) in [6, 6.07) is 7.51. The number of pyridine rings is 1. The highest BCUT2D eigenvalue weighted by Crippen LogP contribution is 2.04. The summed E-state index contributed by atoms with van der Waals surface area (Å²) in [5, 5.41) is 0. The lowest BCUT2D eigenvalue weighted by Crippen LogP contribution is -2.27. The number of likely N-dealkylation sites (N-methyl/N-ethyl adjacent to an activating group) is 1. The molecular formula is C15H16N2O2. The highest BCUT2D eigenvalue weighted by molar-refractivity contribution is 5.91. The van der Waals surface area contributed by atoms with E-state index in [4.69, 9.17) is 4.42 Å². The van der Waals surface area contributed by atoms with Gasteiger partial charge in [0.05, 0.1) is 6.26 Å². The molecule has 2 aromatic rings. The summed E-state index contributed by atoms with van der Waals surface area (Å²) in [5.74, 6) is 0.640. The molecule has 19 heavy (non-hydrogen) atoms. The van der Waals surface area contributed by atoms with Gasteiger partial charge in [0.1, 0.15) is 5.76 Å². The molecule has 98 valence electrons. The zero-order chi connectivity index (χ0) is 13.5. The highest BCUT2D eigenvalue weighted by atomic mass is 16.3. The first-order chi connectivity index (χ1) is 9.25. The largest absolute Gasteiger partial charge is 0.465 e. The minimum atomic E-state index is -0.0366. The molecule has 0 aliphatic rings. The summed E-state index contributed by atoms with van der Waals surface area (Å²) in [6.45, 7) is 0.672. The minimum absolute atomic E-state index is 0.0366. The van der Waals surface area contributed by atoms with Crippen molar-refractivity contribution in [2.24, 2.45) is 0 Å². The van der Waals surface area contributed by atoms with Crippen LogP contribution in [-0.4, -0.2) is 29.4 Å². The number of carbonyl (C=O) groups excluding carboxylic acids is 1. The molecule has 0 aliphatic heterocycles. The number of amides is 1. The van der Waals surface area contributed by atoms with E-state index >= 15 is 0 Å². The first-order valence-corrected chi connectivity index (χ1v) is 6.11. The molecule has 0 saturated heterocycles. The molecule has 0 saturated carbocycles. The SMILES string of the molecule is CN(CCc1ccncc1)C(=O)/C=C/c1ccco1. The van der Waals surface area contributed by atoms with Gasteiger partial charge in [-0.3, -0.25) is 9.78 Å². The Labute approximate surface area is 112 Å². The van der Waals surface area contributed by atoms with Gasteiger partial charge < -0.3 is 9.32 Å². The van der Waals surface area contributed by atoms with Crippen molar-refractivity contribution < 1.29 is 9.21 Å². The first kappa shape index (κ1) is 13.1. The zero-order valence-corrected chi connectivity index (χ0v) is 10.8. The van der Waals surface area contributed by atoms with Crippen molar-refractivity contribution in [3.63, 3.8) is 0 Å². The second-order valence-electron chi connectivity index (χ2n) is 4.21. The van der Waals surface area contributed by atoms with E-state index in [1.807, 2.05) is 12.1 Å². The van der Waals surface area contributed by atoms with Crippen LogP contribution >= 0.6 is 0 Å². The van der Waals surface area contributed by atoms with Crippen LogP contribution in [0.25, 0.3) is 6.08 Å². The lowest BCUT2D eigenvalue weighted by Gasteiger charge is -2.14. The second-order valence-corrected chi connectivity index (χ2v) is 4.21. The van der Waals surface area contributed by atoms with E-state index in [2.05, 4.69) is 4.98 Å². The Morgan fingerprint density at radius 1 is 1.37 bits per heavy atom. The molecule has 0 unspecified atom stereocenters. The Bertz CT molecular complexity index is 533. The third-order valence-corrected chi connectivity index (χ3v) is 2.79. The van der Waals surface area contributed by atoms with Crippen LogP contribution in [0.2, 0.25) is 0 Å². The molecule has 0 N–H and O–H groups in total. The van der Waals surface area contributed by atoms with E-state index in [1.54, 1.807) is 48.8 Å². The van der Waals surface area contributed by atoms with Crippen molar-refractivity contribution >= 4 is 12.0 Å². The fraction of sp³-hybridized carbons (Fsp3) is 0.200. The zero-order valence-electron chi connectivity index (χ0n) is 10.8. The third-order valence-electron chi connectivity index (χ3n) is 2.79. The average molecular weight is 256 g/mol. The number of furan rings is 1. The summed E-state index contributed by atoms with van der Waals surface area (Å²) >= 11 is 0. The molecule has 0 spiro atoms. The van der Waals surface area contributed by atoms with Crippen molar-refractivity contribution in [2.75, 3.05) is 13.6 Å². The first-order valence-electron chi connectivity index (χ1n) is 6.11. The molecule has 2 aromatic heterocycles. The summed E-state index contributed by atoms with van der Waals surface area (Å²) in [6.07, 6.45) is 9.11.